The van der Waals surface area contributed by atoms with Crippen LogP contribution in [0.25, 0.3) is 0 Å². The summed E-state index contributed by atoms with van der Waals surface area (Å²) in [7, 11) is 0. The van der Waals surface area contributed by atoms with Crippen molar-refractivity contribution in [2.75, 3.05) is 5.32 Å². The Bertz CT molecular complexity index is 458. The number of carbonyl (C=O) groups excluding carboxylic acids is 2. The van der Waals surface area contributed by atoms with Gasteiger partial charge in [-0.05, 0) is 31.0 Å². The van der Waals surface area contributed by atoms with Crippen LogP contribution in [-0.2, 0) is 4.79 Å². The first-order valence-electron chi connectivity index (χ1n) is 5.93. The van der Waals surface area contributed by atoms with Crippen LogP contribution in [-0.4, -0.2) is 17.9 Å². The van der Waals surface area contributed by atoms with Gasteiger partial charge >= 0.3 is 0 Å². The Kier molecular flexibility index (Phi) is 4.85. The van der Waals surface area contributed by atoms with Crippen molar-refractivity contribution in [1.29, 1.82) is 0 Å². The number of rotatable bonds is 5. The molecule has 1 atom stereocenters. The number of nitrogens with two attached hydrogens (primary N) is 2. The highest BCUT2D eigenvalue weighted by Crippen LogP contribution is 2.18. The van der Waals surface area contributed by atoms with Gasteiger partial charge in [0.25, 0.3) is 0 Å². The summed E-state index contributed by atoms with van der Waals surface area (Å²) in [6, 6.07) is 4.48. The van der Waals surface area contributed by atoms with Gasteiger partial charge in [-0.2, -0.15) is 0 Å². The van der Waals surface area contributed by atoms with Crippen molar-refractivity contribution >= 4 is 17.5 Å². The van der Waals surface area contributed by atoms with Crippen molar-refractivity contribution in [3.05, 3.63) is 29.3 Å². The smallest absolute Gasteiger partial charge is 0.249 e. The fraction of sp³-hybridized carbons (Fsp3) is 0.385. The van der Waals surface area contributed by atoms with Gasteiger partial charge in [-0.15, -0.1) is 0 Å². The van der Waals surface area contributed by atoms with Crippen LogP contribution in [0, 0.1) is 6.92 Å². The first-order chi connectivity index (χ1) is 8.47. The van der Waals surface area contributed by atoms with Gasteiger partial charge in [-0.25, -0.2) is 0 Å². The van der Waals surface area contributed by atoms with E-state index in [2.05, 4.69) is 5.32 Å². The summed E-state index contributed by atoms with van der Waals surface area (Å²) in [5.74, 6) is -0.761. The van der Waals surface area contributed by atoms with Crippen molar-refractivity contribution in [2.45, 2.75) is 32.7 Å². The summed E-state index contributed by atoms with van der Waals surface area (Å²) >= 11 is 0. The maximum atomic E-state index is 11.8. The molecule has 1 aromatic carbocycles. The minimum absolute atomic E-state index is 0.249. The van der Waals surface area contributed by atoms with Crippen molar-refractivity contribution in [1.82, 2.24) is 0 Å². The highest BCUT2D eigenvalue weighted by atomic mass is 16.2. The molecule has 0 heterocycles. The van der Waals surface area contributed by atoms with E-state index < -0.39 is 11.9 Å². The van der Waals surface area contributed by atoms with Gasteiger partial charge in [0.15, 0.2) is 0 Å². The van der Waals surface area contributed by atoms with Crippen LogP contribution in [0.15, 0.2) is 18.2 Å². The normalized spacial score (nSPS) is 11.9. The molecule has 18 heavy (non-hydrogen) atoms. The minimum atomic E-state index is -0.536. The number of nitrogens with one attached hydrogen (secondary N) is 1. The minimum Gasteiger partial charge on any atom is -0.366 e. The molecule has 0 aliphatic carbocycles. The number of primary amides is 1. The molecular formula is C13H19N3O2. The molecule has 98 valence electrons. The predicted molar refractivity (Wildman–Crippen MR) is 71.2 cm³/mol. The van der Waals surface area contributed by atoms with Gasteiger partial charge in [0.2, 0.25) is 11.8 Å². The van der Waals surface area contributed by atoms with Crippen LogP contribution in [0.5, 0.6) is 0 Å². The van der Waals surface area contributed by atoms with E-state index in [9.17, 15) is 9.59 Å². The zero-order chi connectivity index (χ0) is 13.7. The summed E-state index contributed by atoms with van der Waals surface area (Å²) < 4.78 is 0. The Hall–Kier alpha value is -1.88. The molecule has 1 rings (SSSR count). The molecule has 1 aromatic rings. The third-order valence-electron chi connectivity index (χ3n) is 2.79. The fourth-order valence-electron chi connectivity index (χ4n) is 1.71. The maximum absolute atomic E-state index is 11.8. The summed E-state index contributed by atoms with van der Waals surface area (Å²) in [4.78, 5) is 23.0. The second-order valence-electron chi connectivity index (χ2n) is 4.23. The van der Waals surface area contributed by atoms with Gasteiger partial charge in [0.05, 0.1) is 6.04 Å². The average Bonchev–Trinajstić information content (AvgIpc) is 2.31. The van der Waals surface area contributed by atoms with Gasteiger partial charge in [0, 0.05) is 11.3 Å². The molecular weight excluding hydrogens is 230 g/mol. The third-order valence-corrected chi connectivity index (χ3v) is 2.79. The van der Waals surface area contributed by atoms with Crippen molar-refractivity contribution < 1.29 is 9.59 Å². The number of carbonyl (C=O) groups is 2. The molecule has 0 unspecified atom stereocenters. The first-order valence-corrected chi connectivity index (χ1v) is 5.93. The molecule has 5 nitrogen and oxygen atoms in total. The molecule has 0 aromatic heterocycles. The predicted octanol–water partition coefficient (Wildman–Crippen LogP) is 1.16. The molecule has 0 aliphatic heterocycles. The topological polar surface area (TPSA) is 98.2 Å². The van der Waals surface area contributed by atoms with E-state index >= 15 is 0 Å². The second kappa shape index (κ2) is 6.16. The van der Waals surface area contributed by atoms with E-state index in [1.807, 2.05) is 6.92 Å². The van der Waals surface area contributed by atoms with Gasteiger partial charge in [-0.3, -0.25) is 9.59 Å². The Morgan fingerprint density at radius 2 is 2.06 bits per heavy atom. The third kappa shape index (κ3) is 3.30. The van der Waals surface area contributed by atoms with E-state index in [1.165, 1.54) is 0 Å². The molecule has 0 radical (unpaired) electrons. The molecule has 2 amide bonds. The number of benzene rings is 1. The van der Waals surface area contributed by atoms with Crippen LogP contribution < -0.4 is 16.8 Å². The lowest BCUT2D eigenvalue weighted by atomic mass is 10.1. The van der Waals surface area contributed by atoms with Gasteiger partial charge in [-0.1, -0.05) is 19.4 Å². The number of anilines is 1. The van der Waals surface area contributed by atoms with E-state index in [1.54, 1.807) is 25.1 Å². The summed E-state index contributed by atoms with van der Waals surface area (Å²) in [6.07, 6.45) is 1.47. The Morgan fingerprint density at radius 3 is 2.61 bits per heavy atom. The lowest BCUT2D eigenvalue weighted by Gasteiger charge is -2.14. The van der Waals surface area contributed by atoms with Gasteiger partial charge < -0.3 is 16.8 Å². The highest BCUT2D eigenvalue weighted by Gasteiger charge is 2.15. The molecule has 0 saturated heterocycles. The molecule has 0 fully saturated rings. The second-order valence-corrected chi connectivity index (χ2v) is 4.23. The molecule has 0 saturated carbocycles. The average molecular weight is 249 g/mol. The monoisotopic (exact) mass is 249 g/mol. The maximum Gasteiger partial charge on any atom is 0.249 e. The van der Waals surface area contributed by atoms with E-state index in [0.29, 0.717) is 23.2 Å². The SMILES string of the molecule is CCC[C@@H](N)C(=O)Nc1cccc(C(N)=O)c1C. The highest BCUT2D eigenvalue weighted by molar-refractivity contribution is 5.99. The van der Waals surface area contributed by atoms with Crippen LogP contribution in [0.3, 0.4) is 0 Å². The molecule has 0 bridgehead atoms. The van der Waals surface area contributed by atoms with Crippen molar-refractivity contribution in [3.63, 3.8) is 0 Å². The summed E-state index contributed by atoms with van der Waals surface area (Å²) in [5.41, 5.74) is 12.6. The van der Waals surface area contributed by atoms with Crippen molar-refractivity contribution in [2.24, 2.45) is 11.5 Å². The first kappa shape index (κ1) is 14.2. The lowest BCUT2D eigenvalue weighted by molar-refractivity contribution is -0.117. The van der Waals surface area contributed by atoms with E-state index in [4.69, 9.17) is 11.5 Å². The van der Waals surface area contributed by atoms with E-state index in [-0.39, 0.29) is 5.91 Å². The standard InChI is InChI=1S/C13H19N3O2/c1-3-5-10(14)13(18)16-11-7-4-6-9(8(11)2)12(15)17/h4,6-7,10H,3,5,14H2,1-2H3,(H2,15,17)(H,16,18)/t10-/m1/s1. The van der Waals surface area contributed by atoms with Crippen LogP contribution in [0.4, 0.5) is 5.69 Å². The summed E-state index contributed by atoms with van der Waals surface area (Å²) in [6.45, 7) is 3.70. The molecule has 0 spiro atoms. The number of hydrogen-bond donors (Lipinski definition) is 3. The summed E-state index contributed by atoms with van der Waals surface area (Å²) in [5, 5.41) is 2.72. The number of amides is 2. The van der Waals surface area contributed by atoms with Crippen LogP contribution in [0.1, 0.15) is 35.7 Å². The Balaban J connectivity index is 2.88. The molecule has 5 N–H and O–H groups in total. The molecule has 5 heteroatoms. The van der Waals surface area contributed by atoms with Crippen molar-refractivity contribution in [3.8, 4) is 0 Å². The zero-order valence-corrected chi connectivity index (χ0v) is 10.7. The molecule has 0 aliphatic rings. The zero-order valence-electron chi connectivity index (χ0n) is 10.7. The Labute approximate surface area is 107 Å². The van der Waals surface area contributed by atoms with Crippen LogP contribution >= 0.6 is 0 Å². The van der Waals surface area contributed by atoms with E-state index in [0.717, 1.165) is 6.42 Å². The quantitative estimate of drug-likeness (QED) is 0.730. The van der Waals surface area contributed by atoms with Crippen LogP contribution in [0.2, 0.25) is 0 Å². The largest absolute Gasteiger partial charge is 0.366 e. The fourth-order valence-corrected chi connectivity index (χ4v) is 1.71. The number of hydrogen-bond acceptors (Lipinski definition) is 3. The lowest BCUT2D eigenvalue weighted by Crippen LogP contribution is -2.35. The van der Waals surface area contributed by atoms with Gasteiger partial charge in [0.1, 0.15) is 0 Å². The Morgan fingerprint density at radius 1 is 1.39 bits per heavy atom.